The maximum Gasteiger partial charge on any atom is 0.127 e. The Hall–Kier alpha value is -2.22. The first-order valence-electron chi connectivity index (χ1n) is 6.64. The van der Waals surface area contributed by atoms with Gasteiger partial charge in [-0.15, -0.1) is 0 Å². The zero-order valence-corrected chi connectivity index (χ0v) is 12.1. The highest BCUT2D eigenvalue weighted by atomic mass is 16.5. The monoisotopic (exact) mass is 268 g/mol. The van der Waals surface area contributed by atoms with Crippen molar-refractivity contribution in [2.75, 3.05) is 13.2 Å². The van der Waals surface area contributed by atoms with Gasteiger partial charge in [-0.05, 0) is 37.1 Å². The Bertz CT molecular complexity index is 584. The highest BCUT2D eigenvalue weighted by Gasteiger charge is 2.06. The fraction of sp³-hybridized carbons (Fsp3) is 0.222. The molecule has 20 heavy (non-hydrogen) atoms. The maximum absolute atomic E-state index is 5.79. The van der Waals surface area contributed by atoms with Crippen molar-refractivity contribution in [2.45, 2.75) is 13.8 Å². The van der Waals surface area contributed by atoms with Crippen LogP contribution < -0.4 is 9.47 Å². The molecule has 104 valence electrons. The van der Waals surface area contributed by atoms with E-state index in [1.165, 1.54) is 0 Å². The van der Waals surface area contributed by atoms with Crippen molar-refractivity contribution in [2.24, 2.45) is 0 Å². The van der Waals surface area contributed by atoms with E-state index in [2.05, 4.69) is 13.2 Å². The second kappa shape index (κ2) is 6.29. The lowest BCUT2D eigenvalue weighted by Crippen LogP contribution is -2.00. The Labute approximate surface area is 120 Å². The summed E-state index contributed by atoms with van der Waals surface area (Å²) in [6.45, 7) is 12.7. The first kappa shape index (κ1) is 14.2. The van der Waals surface area contributed by atoms with Gasteiger partial charge in [0.25, 0.3) is 0 Å². The van der Waals surface area contributed by atoms with Gasteiger partial charge in [-0.2, -0.15) is 0 Å². The van der Waals surface area contributed by atoms with E-state index >= 15 is 0 Å². The third kappa shape index (κ3) is 3.41. The van der Waals surface area contributed by atoms with Gasteiger partial charge >= 0.3 is 0 Å². The molecule has 0 aliphatic heterocycles. The number of ether oxygens (including phenoxy) is 2. The van der Waals surface area contributed by atoms with Gasteiger partial charge in [0.05, 0.1) is 0 Å². The molecule has 0 radical (unpaired) electrons. The first-order valence-corrected chi connectivity index (χ1v) is 6.64. The standard InChI is InChI=1S/C18H20O2/c1-13(2)11-19-17-9-5-8-16-15(17)7-6-10-18(16)20-12-14(3)4/h5-10H,1,3,11-12H2,2,4H3. The van der Waals surface area contributed by atoms with Crippen LogP contribution in [-0.4, -0.2) is 13.2 Å². The molecule has 0 spiro atoms. The molecular formula is C18H20O2. The second-order valence-corrected chi connectivity index (χ2v) is 5.10. The molecule has 0 fully saturated rings. The smallest absolute Gasteiger partial charge is 0.127 e. The molecule has 2 heteroatoms. The number of benzene rings is 2. The van der Waals surface area contributed by atoms with Crippen LogP contribution in [-0.2, 0) is 0 Å². The molecule has 0 aliphatic rings. The van der Waals surface area contributed by atoms with Gasteiger partial charge in [0.15, 0.2) is 0 Å². The molecule has 0 aromatic heterocycles. The van der Waals surface area contributed by atoms with Crippen LogP contribution in [0.15, 0.2) is 60.7 Å². The molecule has 0 amide bonds. The van der Waals surface area contributed by atoms with E-state index in [9.17, 15) is 0 Å². The molecule has 0 aliphatic carbocycles. The van der Waals surface area contributed by atoms with Crippen molar-refractivity contribution in [1.29, 1.82) is 0 Å². The van der Waals surface area contributed by atoms with Gasteiger partial charge < -0.3 is 9.47 Å². The summed E-state index contributed by atoms with van der Waals surface area (Å²) < 4.78 is 11.6. The molecule has 2 aromatic rings. The lowest BCUT2D eigenvalue weighted by Gasteiger charge is -2.12. The molecule has 2 rings (SSSR count). The van der Waals surface area contributed by atoms with Crippen LogP contribution in [0.4, 0.5) is 0 Å². The molecule has 0 unspecified atom stereocenters. The minimum atomic E-state index is 0.524. The van der Waals surface area contributed by atoms with Crippen molar-refractivity contribution in [3.8, 4) is 11.5 Å². The number of hydrogen-bond donors (Lipinski definition) is 0. The number of hydrogen-bond acceptors (Lipinski definition) is 2. The summed E-state index contributed by atoms with van der Waals surface area (Å²) in [5, 5.41) is 2.10. The summed E-state index contributed by atoms with van der Waals surface area (Å²) in [6.07, 6.45) is 0. The fourth-order valence-corrected chi connectivity index (χ4v) is 1.91. The predicted octanol–water partition coefficient (Wildman–Crippen LogP) is 4.75. The minimum absolute atomic E-state index is 0.524. The Morgan fingerprint density at radius 2 is 1.20 bits per heavy atom. The number of fused-ring (bicyclic) bond motifs is 1. The summed E-state index contributed by atoms with van der Waals surface area (Å²) in [5.41, 5.74) is 1.99. The van der Waals surface area contributed by atoms with E-state index < -0.39 is 0 Å². The van der Waals surface area contributed by atoms with Crippen LogP contribution in [0.3, 0.4) is 0 Å². The van der Waals surface area contributed by atoms with Crippen molar-refractivity contribution < 1.29 is 9.47 Å². The van der Waals surface area contributed by atoms with E-state index in [0.29, 0.717) is 13.2 Å². The van der Waals surface area contributed by atoms with E-state index in [-0.39, 0.29) is 0 Å². The third-order valence-electron chi connectivity index (χ3n) is 2.79. The first-order chi connectivity index (χ1) is 9.58. The van der Waals surface area contributed by atoms with Crippen LogP contribution in [0.1, 0.15) is 13.8 Å². The SMILES string of the molecule is C=C(C)COc1cccc2c(OCC(=C)C)cccc12. The highest BCUT2D eigenvalue weighted by molar-refractivity contribution is 5.93. The average molecular weight is 268 g/mol. The van der Waals surface area contributed by atoms with Crippen LogP contribution in [0.2, 0.25) is 0 Å². The van der Waals surface area contributed by atoms with Crippen molar-refractivity contribution in [3.05, 3.63) is 60.7 Å². The molecule has 0 N–H and O–H groups in total. The Morgan fingerprint density at radius 1 is 0.800 bits per heavy atom. The maximum atomic E-state index is 5.79. The zero-order chi connectivity index (χ0) is 14.5. The van der Waals surface area contributed by atoms with Crippen LogP contribution in [0.25, 0.3) is 10.8 Å². The summed E-state index contributed by atoms with van der Waals surface area (Å²) in [7, 11) is 0. The van der Waals surface area contributed by atoms with Gasteiger partial charge in [-0.1, -0.05) is 37.4 Å². The molecule has 0 heterocycles. The van der Waals surface area contributed by atoms with Gasteiger partial charge in [0.1, 0.15) is 24.7 Å². The highest BCUT2D eigenvalue weighted by Crippen LogP contribution is 2.32. The van der Waals surface area contributed by atoms with Crippen LogP contribution in [0.5, 0.6) is 11.5 Å². The van der Waals surface area contributed by atoms with Gasteiger partial charge in [0, 0.05) is 10.8 Å². The summed E-state index contributed by atoms with van der Waals surface area (Å²) in [5.74, 6) is 1.71. The summed E-state index contributed by atoms with van der Waals surface area (Å²) in [4.78, 5) is 0. The van der Waals surface area contributed by atoms with Crippen molar-refractivity contribution in [3.63, 3.8) is 0 Å². The topological polar surface area (TPSA) is 18.5 Å². The van der Waals surface area contributed by atoms with E-state index in [0.717, 1.165) is 33.4 Å². The third-order valence-corrected chi connectivity index (χ3v) is 2.79. The molecule has 2 nitrogen and oxygen atoms in total. The molecule has 0 atom stereocenters. The van der Waals surface area contributed by atoms with E-state index in [1.807, 2.05) is 50.2 Å². The van der Waals surface area contributed by atoms with E-state index in [1.54, 1.807) is 0 Å². The molecule has 0 saturated carbocycles. The van der Waals surface area contributed by atoms with Gasteiger partial charge in [-0.3, -0.25) is 0 Å². The zero-order valence-electron chi connectivity index (χ0n) is 12.1. The lowest BCUT2D eigenvalue weighted by atomic mass is 10.1. The van der Waals surface area contributed by atoms with Crippen LogP contribution in [0, 0.1) is 0 Å². The van der Waals surface area contributed by atoms with Gasteiger partial charge in [-0.25, -0.2) is 0 Å². The average Bonchev–Trinajstić information content (AvgIpc) is 2.42. The molecule has 0 saturated heterocycles. The van der Waals surface area contributed by atoms with Gasteiger partial charge in [0.2, 0.25) is 0 Å². The fourth-order valence-electron chi connectivity index (χ4n) is 1.91. The Morgan fingerprint density at radius 3 is 1.55 bits per heavy atom. The van der Waals surface area contributed by atoms with E-state index in [4.69, 9.17) is 9.47 Å². The van der Waals surface area contributed by atoms with Crippen molar-refractivity contribution in [1.82, 2.24) is 0 Å². The number of rotatable bonds is 6. The molecule has 2 aromatic carbocycles. The minimum Gasteiger partial charge on any atom is -0.489 e. The molecular weight excluding hydrogens is 248 g/mol. The quantitative estimate of drug-likeness (QED) is 0.704. The van der Waals surface area contributed by atoms with Crippen molar-refractivity contribution >= 4 is 10.8 Å². The van der Waals surface area contributed by atoms with Crippen LogP contribution >= 0.6 is 0 Å². The Balaban J connectivity index is 2.35. The largest absolute Gasteiger partial charge is 0.489 e. The normalized spacial score (nSPS) is 10.3. The second-order valence-electron chi connectivity index (χ2n) is 5.10. The lowest BCUT2D eigenvalue weighted by molar-refractivity contribution is 0.353. The predicted molar refractivity (Wildman–Crippen MR) is 84.6 cm³/mol. The molecule has 0 bridgehead atoms. The summed E-state index contributed by atoms with van der Waals surface area (Å²) in [6, 6.07) is 12.0. The summed E-state index contributed by atoms with van der Waals surface area (Å²) >= 11 is 0. The Kier molecular flexibility index (Phi) is 4.46.